The molecule has 2 rings (SSSR count). The van der Waals surface area contributed by atoms with Crippen LogP contribution >= 0.6 is 11.8 Å². The Bertz CT molecular complexity index is 501. The van der Waals surface area contributed by atoms with Crippen LogP contribution in [0.15, 0.2) is 5.16 Å². The summed E-state index contributed by atoms with van der Waals surface area (Å²) < 4.78 is 39.2. The summed E-state index contributed by atoms with van der Waals surface area (Å²) in [6, 6.07) is -0.170. The number of rotatable bonds is 6. The van der Waals surface area contributed by atoms with Crippen LogP contribution in [-0.4, -0.2) is 50.4 Å². The molecule has 1 aliphatic carbocycles. The molecule has 10 heteroatoms. The molecule has 0 unspecified atom stereocenters. The fourth-order valence-corrected chi connectivity index (χ4v) is 2.38. The molecule has 0 aromatic carbocycles. The van der Waals surface area contributed by atoms with Crippen LogP contribution in [0.4, 0.5) is 19.1 Å². The number of hydrogen-bond donors (Lipinski definition) is 1. The third kappa shape index (κ3) is 3.78. The minimum atomic E-state index is -4.32. The van der Waals surface area contributed by atoms with Crippen molar-refractivity contribution in [3.05, 3.63) is 0 Å². The third-order valence-corrected chi connectivity index (χ3v) is 3.74. The van der Waals surface area contributed by atoms with Crippen molar-refractivity contribution in [2.75, 3.05) is 17.2 Å². The number of carbonyl (C=O) groups is 1. The highest BCUT2D eigenvalue weighted by atomic mass is 32.2. The zero-order valence-electron chi connectivity index (χ0n) is 10.6. The normalized spacial score (nSPS) is 15.4. The minimum Gasteiger partial charge on any atom is -0.481 e. The van der Waals surface area contributed by atoms with Crippen LogP contribution in [0.1, 0.15) is 12.8 Å². The standard InChI is InChI=1S/C10H13F3N4O2S/c1-16-8(14-15-9(16)20-4-7(18)19)17(6-2-3-6)5-10(11,12)13/h6H,2-5H2,1H3,(H,18,19). The summed E-state index contributed by atoms with van der Waals surface area (Å²) >= 11 is 0.925. The van der Waals surface area contributed by atoms with Gasteiger partial charge in [-0.3, -0.25) is 9.36 Å². The summed E-state index contributed by atoms with van der Waals surface area (Å²) in [4.78, 5) is 11.7. The van der Waals surface area contributed by atoms with Crippen molar-refractivity contribution in [1.82, 2.24) is 14.8 Å². The maximum Gasteiger partial charge on any atom is 0.406 e. The zero-order valence-corrected chi connectivity index (χ0v) is 11.4. The first-order chi connectivity index (χ1) is 9.28. The maximum absolute atomic E-state index is 12.6. The quantitative estimate of drug-likeness (QED) is 0.803. The molecule has 1 saturated carbocycles. The SMILES string of the molecule is Cn1c(SCC(=O)O)nnc1N(CC(F)(F)F)C1CC1. The van der Waals surface area contributed by atoms with Gasteiger partial charge in [-0.25, -0.2) is 0 Å². The summed E-state index contributed by atoms with van der Waals surface area (Å²) in [5.74, 6) is -1.11. The fourth-order valence-electron chi connectivity index (χ4n) is 1.75. The lowest BCUT2D eigenvalue weighted by molar-refractivity contribution is -0.134. The highest BCUT2D eigenvalue weighted by molar-refractivity contribution is 7.99. The molecule has 6 nitrogen and oxygen atoms in total. The maximum atomic E-state index is 12.6. The van der Waals surface area contributed by atoms with Gasteiger partial charge in [0.15, 0.2) is 5.16 Å². The van der Waals surface area contributed by atoms with E-state index in [1.54, 1.807) is 0 Å². The summed E-state index contributed by atoms with van der Waals surface area (Å²) in [6.07, 6.45) is -2.93. The number of carboxylic acids is 1. The van der Waals surface area contributed by atoms with Gasteiger partial charge in [0.2, 0.25) is 5.95 Å². The van der Waals surface area contributed by atoms with Crippen LogP contribution in [0.3, 0.4) is 0 Å². The molecule has 0 spiro atoms. The van der Waals surface area contributed by atoms with Crippen molar-refractivity contribution in [1.29, 1.82) is 0 Å². The molecule has 1 heterocycles. The van der Waals surface area contributed by atoms with E-state index in [0.29, 0.717) is 12.8 Å². The first kappa shape index (κ1) is 14.9. The number of hydrogen-bond acceptors (Lipinski definition) is 5. The Balaban J connectivity index is 2.15. The van der Waals surface area contributed by atoms with Gasteiger partial charge in [0, 0.05) is 13.1 Å². The predicted molar refractivity (Wildman–Crippen MR) is 65.8 cm³/mol. The second kappa shape index (κ2) is 5.51. The summed E-state index contributed by atoms with van der Waals surface area (Å²) in [5, 5.41) is 16.4. The van der Waals surface area contributed by atoms with Crippen molar-refractivity contribution >= 4 is 23.7 Å². The van der Waals surface area contributed by atoms with Gasteiger partial charge in [-0.1, -0.05) is 11.8 Å². The molecule has 1 N–H and O–H groups in total. The van der Waals surface area contributed by atoms with Crippen molar-refractivity contribution < 1.29 is 23.1 Å². The second-order valence-electron chi connectivity index (χ2n) is 4.50. The Kier molecular flexibility index (Phi) is 4.11. The Morgan fingerprint density at radius 3 is 2.65 bits per heavy atom. The zero-order chi connectivity index (χ0) is 14.9. The monoisotopic (exact) mass is 310 g/mol. The van der Waals surface area contributed by atoms with Gasteiger partial charge >= 0.3 is 12.1 Å². The molecule has 0 bridgehead atoms. The second-order valence-corrected chi connectivity index (χ2v) is 5.44. The van der Waals surface area contributed by atoms with Gasteiger partial charge in [0.05, 0.1) is 5.75 Å². The van der Waals surface area contributed by atoms with Gasteiger partial charge in [-0.05, 0) is 12.8 Å². The van der Waals surface area contributed by atoms with Crippen LogP contribution in [0.5, 0.6) is 0 Å². The van der Waals surface area contributed by atoms with E-state index < -0.39 is 18.7 Å². The molecule has 1 aromatic rings. The molecule has 1 aromatic heterocycles. The van der Waals surface area contributed by atoms with E-state index in [2.05, 4.69) is 10.2 Å². The number of aromatic nitrogens is 3. The van der Waals surface area contributed by atoms with Crippen LogP contribution in [-0.2, 0) is 11.8 Å². The molecule has 1 fully saturated rings. The Labute approximate surface area is 117 Å². The van der Waals surface area contributed by atoms with E-state index in [-0.39, 0.29) is 22.9 Å². The highest BCUT2D eigenvalue weighted by Gasteiger charge is 2.40. The third-order valence-electron chi connectivity index (χ3n) is 2.73. The number of nitrogens with zero attached hydrogens (tertiary/aromatic N) is 4. The number of carboxylic acid groups (broad SMARTS) is 1. The van der Waals surface area contributed by atoms with Crippen LogP contribution < -0.4 is 4.90 Å². The van der Waals surface area contributed by atoms with E-state index in [9.17, 15) is 18.0 Å². The number of halogens is 3. The summed E-state index contributed by atoms with van der Waals surface area (Å²) in [7, 11) is 1.53. The average molecular weight is 310 g/mol. The smallest absolute Gasteiger partial charge is 0.406 e. The van der Waals surface area contributed by atoms with Crippen LogP contribution in [0, 0.1) is 0 Å². The Morgan fingerprint density at radius 1 is 1.50 bits per heavy atom. The highest BCUT2D eigenvalue weighted by Crippen LogP contribution is 2.34. The van der Waals surface area contributed by atoms with E-state index >= 15 is 0 Å². The van der Waals surface area contributed by atoms with Crippen LogP contribution in [0.25, 0.3) is 0 Å². The largest absolute Gasteiger partial charge is 0.481 e. The Hall–Kier alpha value is -1.45. The molecule has 0 amide bonds. The average Bonchev–Trinajstić information content (AvgIpc) is 3.08. The molecular weight excluding hydrogens is 297 g/mol. The first-order valence-corrected chi connectivity index (χ1v) is 6.84. The number of thioether (sulfide) groups is 1. The van der Waals surface area contributed by atoms with Gasteiger partial charge in [-0.15, -0.1) is 10.2 Å². The van der Waals surface area contributed by atoms with Gasteiger partial charge in [0.1, 0.15) is 6.54 Å². The molecule has 0 atom stereocenters. The molecule has 0 aliphatic heterocycles. The van der Waals surface area contributed by atoms with Crippen molar-refractivity contribution in [3.8, 4) is 0 Å². The lowest BCUT2D eigenvalue weighted by atomic mass is 10.5. The van der Waals surface area contributed by atoms with Crippen molar-refractivity contribution in [3.63, 3.8) is 0 Å². The number of alkyl halides is 3. The molecule has 1 aliphatic rings. The molecule has 0 saturated heterocycles. The van der Waals surface area contributed by atoms with Crippen LogP contribution in [0.2, 0.25) is 0 Å². The van der Waals surface area contributed by atoms with Gasteiger partial charge < -0.3 is 10.0 Å². The van der Waals surface area contributed by atoms with Gasteiger partial charge in [0.25, 0.3) is 0 Å². The van der Waals surface area contributed by atoms with E-state index in [4.69, 9.17) is 5.11 Å². The summed E-state index contributed by atoms with van der Waals surface area (Å²) in [6.45, 7) is -1.08. The van der Waals surface area contributed by atoms with Crippen molar-refractivity contribution in [2.45, 2.75) is 30.2 Å². The van der Waals surface area contributed by atoms with E-state index in [1.807, 2.05) is 0 Å². The topological polar surface area (TPSA) is 71.2 Å². The lowest BCUT2D eigenvalue weighted by Gasteiger charge is -2.24. The fraction of sp³-hybridized carbons (Fsp3) is 0.700. The lowest BCUT2D eigenvalue weighted by Crippen LogP contribution is -2.37. The number of aliphatic carboxylic acids is 1. The predicted octanol–water partition coefficient (Wildman–Crippen LogP) is 1.52. The van der Waals surface area contributed by atoms with Gasteiger partial charge in [-0.2, -0.15) is 13.2 Å². The number of anilines is 1. The van der Waals surface area contributed by atoms with E-state index in [0.717, 1.165) is 11.8 Å². The molecule has 20 heavy (non-hydrogen) atoms. The van der Waals surface area contributed by atoms with Crippen molar-refractivity contribution in [2.24, 2.45) is 7.05 Å². The Morgan fingerprint density at radius 2 is 2.15 bits per heavy atom. The molecule has 112 valence electrons. The molecule has 0 radical (unpaired) electrons. The minimum absolute atomic E-state index is 0.123. The summed E-state index contributed by atoms with van der Waals surface area (Å²) in [5.41, 5.74) is 0. The first-order valence-electron chi connectivity index (χ1n) is 5.85. The molecular formula is C10H13F3N4O2S. The van der Waals surface area contributed by atoms with E-state index in [1.165, 1.54) is 16.5 Å².